The first-order chi connectivity index (χ1) is 18.6. The molecule has 4 rings (SSSR count). The van der Waals surface area contributed by atoms with Crippen LogP contribution < -0.4 is 10.6 Å². The van der Waals surface area contributed by atoms with Crippen LogP contribution in [-0.4, -0.2) is 36.0 Å². The highest BCUT2D eigenvalue weighted by atomic mass is 35.5. The molecule has 1 aromatic carbocycles. The molecule has 1 aromatic rings. The minimum Gasteiger partial charge on any atom is -0.449 e. The fourth-order valence-corrected chi connectivity index (χ4v) is 6.49. The largest absolute Gasteiger partial charge is 0.449 e. The van der Waals surface area contributed by atoms with E-state index in [-0.39, 0.29) is 68.6 Å². The van der Waals surface area contributed by atoms with Crippen LogP contribution in [0.3, 0.4) is 0 Å². The molecule has 2 saturated carbocycles. The predicted octanol–water partition coefficient (Wildman–Crippen LogP) is 6.36. The van der Waals surface area contributed by atoms with Gasteiger partial charge in [0.15, 0.2) is 5.78 Å². The van der Waals surface area contributed by atoms with Crippen molar-refractivity contribution in [3.05, 3.63) is 34.9 Å². The summed E-state index contributed by atoms with van der Waals surface area (Å²) in [5, 5.41) is 16.4. The molecule has 10 heteroatoms. The van der Waals surface area contributed by atoms with E-state index in [0.29, 0.717) is 30.2 Å². The molecule has 3 fully saturated rings. The van der Waals surface area contributed by atoms with E-state index in [0.717, 1.165) is 50.5 Å². The minimum atomic E-state index is -0.695. The Morgan fingerprint density at radius 2 is 1.90 bits per heavy atom. The summed E-state index contributed by atoms with van der Waals surface area (Å²) in [6.45, 7) is 4.23. The van der Waals surface area contributed by atoms with Gasteiger partial charge in [-0.2, -0.15) is 32.3 Å². The third kappa shape index (κ3) is 10.7. The van der Waals surface area contributed by atoms with E-state index in [2.05, 4.69) is 16.7 Å². The molecule has 228 valence electrons. The number of halogens is 1. The number of Topliss-reactive ketones (excluding diaryl/α,β-unsaturated/α-hetero) is 1. The van der Waals surface area contributed by atoms with Crippen molar-refractivity contribution < 1.29 is 19.1 Å². The first-order valence-electron chi connectivity index (χ1n) is 14.5. The summed E-state index contributed by atoms with van der Waals surface area (Å²) in [5.74, 6) is -0.558. The van der Waals surface area contributed by atoms with Crippen LogP contribution in [0.5, 0.6) is 0 Å². The second kappa shape index (κ2) is 15.5. The summed E-state index contributed by atoms with van der Waals surface area (Å²) in [7, 11) is 0. The maximum absolute atomic E-state index is 13.5. The first kappa shape index (κ1) is 35.3. The van der Waals surface area contributed by atoms with Gasteiger partial charge in [-0.3, -0.25) is 9.59 Å². The van der Waals surface area contributed by atoms with Crippen LogP contribution in [-0.2, 0) is 20.7 Å². The smallest absolute Gasteiger partial charge is 0.407 e. The Bertz CT molecular complexity index is 1100. The lowest BCUT2D eigenvalue weighted by Crippen LogP contribution is -2.44. The van der Waals surface area contributed by atoms with Gasteiger partial charge in [-0.25, -0.2) is 4.79 Å². The average Bonchev–Trinajstić information content (AvgIpc) is 3.57. The lowest BCUT2D eigenvalue weighted by atomic mass is 9.82. The van der Waals surface area contributed by atoms with Gasteiger partial charge < -0.3 is 15.4 Å². The Balaban J connectivity index is 0.00000294. The second-order valence-corrected chi connectivity index (χ2v) is 13.3. The number of rotatable bonds is 12. The van der Waals surface area contributed by atoms with Crippen LogP contribution in [0.25, 0.3) is 0 Å². The van der Waals surface area contributed by atoms with E-state index in [9.17, 15) is 19.6 Å². The number of carbonyl (C=O) groups is 3. The first-order valence-corrected chi connectivity index (χ1v) is 14.9. The van der Waals surface area contributed by atoms with Gasteiger partial charge in [0.25, 0.3) is 0 Å². The van der Waals surface area contributed by atoms with E-state index in [4.69, 9.17) is 16.3 Å². The van der Waals surface area contributed by atoms with E-state index in [1.807, 2.05) is 38.1 Å². The van der Waals surface area contributed by atoms with Crippen LogP contribution in [0.1, 0.15) is 90.0 Å². The number of benzene rings is 1. The Labute approximate surface area is 263 Å². The lowest BCUT2D eigenvalue weighted by Gasteiger charge is -2.28. The quantitative estimate of drug-likeness (QED) is 0.282. The predicted molar refractivity (Wildman–Crippen MR) is 171 cm³/mol. The molecule has 7 nitrogen and oxygen atoms in total. The Morgan fingerprint density at radius 3 is 2.51 bits per heavy atom. The molecular weight excluding hydrogens is 578 g/mol. The summed E-state index contributed by atoms with van der Waals surface area (Å²) in [4.78, 5) is 38.7. The number of ketones is 1. The summed E-state index contributed by atoms with van der Waals surface area (Å²) >= 11 is 6.12. The van der Waals surface area contributed by atoms with Gasteiger partial charge in [0.1, 0.15) is 0 Å². The number of nitrogens with zero attached hydrogens (tertiary/aromatic N) is 1. The van der Waals surface area contributed by atoms with E-state index >= 15 is 0 Å². The molecular formula is C31H46ClN3O4S2. The van der Waals surface area contributed by atoms with Gasteiger partial charge in [0.2, 0.25) is 5.91 Å². The van der Waals surface area contributed by atoms with Crippen molar-refractivity contribution in [2.45, 2.75) is 102 Å². The molecule has 0 bridgehead atoms. The molecule has 2 aliphatic carbocycles. The molecule has 2 amide bonds. The highest BCUT2D eigenvalue weighted by Gasteiger charge is 2.52. The summed E-state index contributed by atoms with van der Waals surface area (Å²) in [6.07, 6.45) is 9.34. The van der Waals surface area contributed by atoms with Crippen molar-refractivity contribution in [3.8, 4) is 6.07 Å². The average molecular weight is 624 g/mol. The van der Waals surface area contributed by atoms with Gasteiger partial charge in [0, 0.05) is 28.3 Å². The molecule has 3 atom stereocenters. The van der Waals surface area contributed by atoms with Crippen molar-refractivity contribution in [3.63, 3.8) is 0 Å². The van der Waals surface area contributed by atoms with Crippen molar-refractivity contribution >= 4 is 56.4 Å². The van der Waals surface area contributed by atoms with Gasteiger partial charge in [-0.05, 0) is 62.1 Å². The van der Waals surface area contributed by atoms with Crippen LogP contribution in [0.4, 0.5) is 4.79 Å². The number of hydrogen-bond acceptors (Lipinski definition) is 5. The third-order valence-electron chi connectivity index (χ3n) is 8.59. The number of carbonyl (C=O) groups excluding carboxylic acids is 3. The summed E-state index contributed by atoms with van der Waals surface area (Å²) in [6, 6.07) is 9.20. The zero-order valence-corrected chi connectivity index (χ0v) is 27.0. The van der Waals surface area contributed by atoms with Gasteiger partial charge in [0.05, 0.1) is 24.6 Å². The molecule has 0 aromatic heterocycles. The molecule has 1 saturated heterocycles. The minimum absolute atomic E-state index is 0. The zero-order chi connectivity index (χ0) is 28.0. The van der Waals surface area contributed by atoms with Crippen LogP contribution in [0.2, 0.25) is 5.02 Å². The molecule has 1 unspecified atom stereocenters. The van der Waals surface area contributed by atoms with Crippen molar-refractivity contribution in [2.24, 2.45) is 23.2 Å². The van der Waals surface area contributed by atoms with E-state index in [1.165, 1.54) is 6.42 Å². The van der Waals surface area contributed by atoms with Gasteiger partial charge in [-0.1, -0.05) is 69.7 Å². The van der Waals surface area contributed by atoms with Crippen LogP contribution in [0.15, 0.2) is 24.3 Å². The number of amides is 2. The summed E-state index contributed by atoms with van der Waals surface area (Å²) in [5.41, 5.74) is 0.687. The van der Waals surface area contributed by atoms with Crippen LogP contribution in [0, 0.1) is 34.5 Å². The van der Waals surface area contributed by atoms with E-state index in [1.54, 1.807) is 0 Å². The number of hydrogen-bond donors (Lipinski definition) is 2. The molecule has 2 N–H and O–H groups in total. The number of alkyl carbamates (subject to hydrolysis) is 1. The fourth-order valence-electron chi connectivity index (χ4n) is 6.28. The number of nitriles is 1. The molecule has 0 radical (unpaired) electrons. The maximum Gasteiger partial charge on any atom is 0.407 e. The zero-order valence-electron chi connectivity index (χ0n) is 24.3. The fraction of sp³-hybridized carbons (Fsp3) is 0.677. The van der Waals surface area contributed by atoms with Gasteiger partial charge >= 0.3 is 6.09 Å². The number of ether oxygens (including phenoxy) is 1. The second-order valence-electron chi connectivity index (χ2n) is 12.9. The highest BCUT2D eigenvalue weighted by Crippen LogP contribution is 2.46. The van der Waals surface area contributed by atoms with E-state index < -0.39 is 18.1 Å². The lowest BCUT2D eigenvalue weighted by molar-refractivity contribution is -0.124. The van der Waals surface area contributed by atoms with Crippen molar-refractivity contribution in [1.29, 1.82) is 5.26 Å². The summed E-state index contributed by atoms with van der Waals surface area (Å²) < 4.78 is 5.61. The molecule has 1 spiro atoms. The monoisotopic (exact) mass is 623 g/mol. The Kier molecular flexibility index (Phi) is 13.4. The topological polar surface area (TPSA) is 108 Å². The van der Waals surface area contributed by atoms with Crippen molar-refractivity contribution in [2.75, 3.05) is 6.61 Å². The van der Waals surface area contributed by atoms with Crippen molar-refractivity contribution in [1.82, 2.24) is 10.6 Å². The van der Waals surface area contributed by atoms with Gasteiger partial charge in [-0.15, -0.1) is 0 Å². The Hall–Kier alpha value is -1.89. The SMILES string of the molecule is CC(C)(COC(=O)N[C@@H](CC1CCCCC1)C(=O)C[C@H](C#N)CC1CC2(CC2)NC1=O)Cc1cccc(Cl)c1.S.S. The molecule has 41 heavy (non-hydrogen) atoms. The molecule has 1 heterocycles. The maximum atomic E-state index is 13.5. The molecule has 3 aliphatic rings. The highest BCUT2D eigenvalue weighted by molar-refractivity contribution is 7.59. The van der Waals surface area contributed by atoms with Crippen LogP contribution >= 0.6 is 38.6 Å². The third-order valence-corrected chi connectivity index (χ3v) is 8.82. The standard InChI is InChI=1S/C31H42ClN3O4.2H2S/c1-30(2,17-22-9-6-10-25(32)14-22)20-39-29(38)34-26(15-21-7-4-3-5-8-21)27(36)16-23(19-33)13-24-18-31(11-12-31)35-28(24)37;;/h6,9-10,14,21,23-24,26H,3-5,7-8,11-13,15-18,20H2,1-2H3,(H,34,38)(H,35,37);2*1H2/t23-,24?,26+;;/m1../s1. The number of nitrogens with one attached hydrogen (secondary N) is 2. The Morgan fingerprint density at radius 1 is 1.20 bits per heavy atom. The normalized spacial score (nSPS) is 20.9. The molecule has 1 aliphatic heterocycles.